The summed E-state index contributed by atoms with van der Waals surface area (Å²) in [5, 5.41) is 8.05. The van der Waals surface area contributed by atoms with E-state index in [0.29, 0.717) is 22.3 Å². The van der Waals surface area contributed by atoms with Crippen LogP contribution in [0.25, 0.3) is 11.3 Å². The maximum atomic E-state index is 12.3. The number of rotatable bonds is 5. The molecule has 2 amide bonds. The van der Waals surface area contributed by atoms with Crippen LogP contribution in [-0.4, -0.2) is 25.2 Å². The zero-order valence-electron chi connectivity index (χ0n) is 16.5. The third-order valence-corrected chi connectivity index (χ3v) is 5.06. The molecule has 0 aliphatic rings. The number of benzene rings is 2. The molecular formula is C21H23N3O3S. The molecule has 0 aliphatic carbocycles. The number of hydrogen-bond acceptors (Lipinski definition) is 5. The second-order valence-corrected chi connectivity index (χ2v) is 7.32. The standard InChI is InChI=1S/C21H23N3O3S/c1-12-8-13(2)19(14(3)9-12)16-11-28-21(23-16)24-20(25)22-15-6-7-17(26-4)18(10-15)27-5/h6-11H,1-5H3,(H2,22,23,24,25). The average Bonchev–Trinajstić information content (AvgIpc) is 3.08. The Morgan fingerprint density at radius 1 is 0.964 bits per heavy atom. The fourth-order valence-corrected chi connectivity index (χ4v) is 3.90. The van der Waals surface area contributed by atoms with E-state index in [1.165, 1.54) is 28.0 Å². The number of nitrogens with zero attached hydrogens (tertiary/aromatic N) is 1. The Labute approximate surface area is 168 Å². The lowest BCUT2D eigenvalue weighted by atomic mass is 9.98. The maximum Gasteiger partial charge on any atom is 0.325 e. The number of hydrogen-bond donors (Lipinski definition) is 2. The first-order valence-corrected chi connectivity index (χ1v) is 9.63. The van der Waals surface area contributed by atoms with Crippen LogP contribution < -0.4 is 20.1 Å². The van der Waals surface area contributed by atoms with E-state index >= 15 is 0 Å². The van der Waals surface area contributed by atoms with E-state index in [9.17, 15) is 4.79 Å². The number of thiazole rings is 1. The van der Waals surface area contributed by atoms with Crippen LogP contribution in [0.3, 0.4) is 0 Å². The van der Waals surface area contributed by atoms with Gasteiger partial charge in [-0.15, -0.1) is 11.3 Å². The van der Waals surface area contributed by atoms with Crippen molar-refractivity contribution in [3.8, 4) is 22.8 Å². The summed E-state index contributed by atoms with van der Waals surface area (Å²) in [5.41, 5.74) is 6.13. The van der Waals surface area contributed by atoms with E-state index in [4.69, 9.17) is 9.47 Å². The van der Waals surface area contributed by atoms with Crippen molar-refractivity contribution in [2.75, 3.05) is 24.9 Å². The predicted molar refractivity (Wildman–Crippen MR) is 114 cm³/mol. The number of carbonyl (C=O) groups is 1. The van der Waals surface area contributed by atoms with Gasteiger partial charge < -0.3 is 14.8 Å². The molecule has 146 valence electrons. The molecular weight excluding hydrogens is 374 g/mol. The van der Waals surface area contributed by atoms with Gasteiger partial charge in [-0.2, -0.15) is 0 Å². The second-order valence-electron chi connectivity index (χ2n) is 6.46. The smallest absolute Gasteiger partial charge is 0.325 e. The van der Waals surface area contributed by atoms with Crippen molar-refractivity contribution in [2.24, 2.45) is 0 Å². The molecule has 0 unspecified atom stereocenters. The van der Waals surface area contributed by atoms with Crippen molar-refractivity contribution in [1.82, 2.24) is 4.98 Å². The lowest BCUT2D eigenvalue weighted by molar-refractivity contribution is 0.262. The first kappa shape index (κ1) is 19.7. The molecule has 6 nitrogen and oxygen atoms in total. The minimum atomic E-state index is -0.370. The van der Waals surface area contributed by atoms with Gasteiger partial charge in [-0.25, -0.2) is 9.78 Å². The number of carbonyl (C=O) groups excluding carboxylic acids is 1. The van der Waals surface area contributed by atoms with Crippen LogP contribution >= 0.6 is 11.3 Å². The summed E-state index contributed by atoms with van der Waals surface area (Å²) in [5.74, 6) is 1.14. The molecule has 0 atom stereocenters. The molecule has 0 bridgehead atoms. The second kappa shape index (κ2) is 8.31. The molecule has 0 saturated carbocycles. The van der Waals surface area contributed by atoms with Crippen LogP contribution in [0.2, 0.25) is 0 Å². The molecule has 3 aromatic rings. The van der Waals surface area contributed by atoms with E-state index in [0.717, 1.165) is 11.3 Å². The zero-order chi connectivity index (χ0) is 20.3. The molecule has 7 heteroatoms. The quantitative estimate of drug-likeness (QED) is 0.605. The van der Waals surface area contributed by atoms with Crippen molar-refractivity contribution in [3.05, 3.63) is 52.4 Å². The molecule has 2 aromatic carbocycles. The zero-order valence-corrected chi connectivity index (χ0v) is 17.4. The number of aromatic nitrogens is 1. The van der Waals surface area contributed by atoms with Gasteiger partial charge in [0.05, 0.1) is 19.9 Å². The highest BCUT2D eigenvalue weighted by Gasteiger charge is 2.13. The van der Waals surface area contributed by atoms with Crippen LogP contribution in [0.5, 0.6) is 11.5 Å². The van der Waals surface area contributed by atoms with Gasteiger partial charge in [0.1, 0.15) is 0 Å². The van der Waals surface area contributed by atoms with Crippen LogP contribution in [0.1, 0.15) is 16.7 Å². The molecule has 28 heavy (non-hydrogen) atoms. The summed E-state index contributed by atoms with van der Waals surface area (Å²) < 4.78 is 10.5. The normalized spacial score (nSPS) is 10.5. The lowest BCUT2D eigenvalue weighted by Crippen LogP contribution is -2.19. The predicted octanol–water partition coefficient (Wildman–Crippen LogP) is 5.40. The van der Waals surface area contributed by atoms with Gasteiger partial charge in [0.25, 0.3) is 0 Å². The Kier molecular flexibility index (Phi) is 5.84. The third-order valence-electron chi connectivity index (χ3n) is 4.30. The lowest BCUT2D eigenvalue weighted by Gasteiger charge is -2.10. The van der Waals surface area contributed by atoms with E-state index in [1.807, 2.05) is 5.38 Å². The molecule has 3 rings (SSSR count). The summed E-state index contributed by atoms with van der Waals surface area (Å²) in [6, 6.07) is 9.08. The highest BCUT2D eigenvalue weighted by Crippen LogP contribution is 2.32. The van der Waals surface area contributed by atoms with Crippen molar-refractivity contribution >= 4 is 28.2 Å². The van der Waals surface area contributed by atoms with Crippen molar-refractivity contribution < 1.29 is 14.3 Å². The number of ether oxygens (including phenoxy) is 2. The number of anilines is 2. The van der Waals surface area contributed by atoms with Gasteiger partial charge in [-0.1, -0.05) is 17.7 Å². The molecule has 0 aliphatic heterocycles. The minimum absolute atomic E-state index is 0.370. The average molecular weight is 398 g/mol. The summed E-state index contributed by atoms with van der Waals surface area (Å²) in [6.45, 7) is 6.23. The van der Waals surface area contributed by atoms with Crippen molar-refractivity contribution in [1.29, 1.82) is 0 Å². The van der Waals surface area contributed by atoms with Crippen molar-refractivity contribution in [3.63, 3.8) is 0 Å². The first-order valence-electron chi connectivity index (χ1n) is 8.75. The Hall–Kier alpha value is -3.06. The van der Waals surface area contributed by atoms with Gasteiger partial charge >= 0.3 is 6.03 Å². The van der Waals surface area contributed by atoms with Gasteiger partial charge in [-0.05, 0) is 44.0 Å². The number of methoxy groups -OCH3 is 2. The molecule has 1 heterocycles. The number of nitrogens with one attached hydrogen (secondary N) is 2. The van der Waals surface area contributed by atoms with Crippen LogP contribution in [0.4, 0.5) is 15.6 Å². The van der Waals surface area contributed by atoms with Crippen LogP contribution in [-0.2, 0) is 0 Å². The summed E-state index contributed by atoms with van der Waals surface area (Å²) in [6.07, 6.45) is 0. The topological polar surface area (TPSA) is 72.5 Å². The molecule has 0 radical (unpaired) electrons. The molecule has 2 N–H and O–H groups in total. The Morgan fingerprint density at radius 2 is 1.64 bits per heavy atom. The largest absolute Gasteiger partial charge is 0.493 e. The monoisotopic (exact) mass is 397 g/mol. The molecule has 0 spiro atoms. The molecule has 0 saturated heterocycles. The Bertz CT molecular complexity index is 991. The highest BCUT2D eigenvalue weighted by atomic mass is 32.1. The van der Waals surface area contributed by atoms with Gasteiger partial charge in [0.2, 0.25) is 0 Å². The fraction of sp³-hybridized carbons (Fsp3) is 0.238. The van der Waals surface area contributed by atoms with E-state index in [1.54, 1.807) is 32.4 Å². The van der Waals surface area contributed by atoms with Crippen LogP contribution in [0, 0.1) is 20.8 Å². The number of aryl methyl sites for hydroxylation is 3. The SMILES string of the molecule is COc1ccc(NC(=O)Nc2nc(-c3c(C)cc(C)cc3C)cs2)cc1OC. The number of amides is 2. The first-order chi connectivity index (χ1) is 13.4. The molecule has 1 aromatic heterocycles. The van der Waals surface area contributed by atoms with Gasteiger partial charge in [-0.3, -0.25) is 5.32 Å². The van der Waals surface area contributed by atoms with E-state index < -0.39 is 0 Å². The highest BCUT2D eigenvalue weighted by molar-refractivity contribution is 7.14. The summed E-state index contributed by atoms with van der Waals surface area (Å²) >= 11 is 1.39. The van der Waals surface area contributed by atoms with E-state index in [-0.39, 0.29) is 6.03 Å². The number of urea groups is 1. The third kappa shape index (κ3) is 4.26. The minimum Gasteiger partial charge on any atom is -0.493 e. The van der Waals surface area contributed by atoms with Crippen molar-refractivity contribution in [2.45, 2.75) is 20.8 Å². The van der Waals surface area contributed by atoms with Gasteiger partial charge in [0.15, 0.2) is 16.6 Å². The molecule has 0 fully saturated rings. The van der Waals surface area contributed by atoms with Gasteiger partial charge in [0, 0.05) is 22.7 Å². The Morgan fingerprint density at radius 3 is 2.29 bits per heavy atom. The van der Waals surface area contributed by atoms with E-state index in [2.05, 4.69) is 48.5 Å². The fourth-order valence-electron chi connectivity index (χ4n) is 3.20. The maximum absolute atomic E-state index is 12.3. The van der Waals surface area contributed by atoms with Crippen LogP contribution in [0.15, 0.2) is 35.7 Å². The summed E-state index contributed by atoms with van der Waals surface area (Å²) in [7, 11) is 3.11. The Balaban J connectivity index is 1.73. The summed E-state index contributed by atoms with van der Waals surface area (Å²) in [4.78, 5) is 16.9.